The number of halogens is 7. The molecule has 0 saturated carbocycles. The van der Waals surface area contributed by atoms with E-state index in [1.807, 2.05) is 0 Å². The third-order valence-electron chi connectivity index (χ3n) is 3.16. The van der Waals surface area contributed by atoms with Gasteiger partial charge in [-0.3, -0.25) is 10.1 Å². The Morgan fingerprint density at radius 3 is 2.04 bits per heavy atom. The van der Waals surface area contributed by atoms with E-state index in [0.717, 1.165) is 17.4 Å². The predicted molar refractivity (Wildman–Crippen MR) is 71.1 cm³/mol. The summed E-state index contributed by atoms with van der Waals surface area (Å²) in [6, 6.07) is 4.44. The molecule has 0 radical (unpaired) electrons. The zero-order valence-corrected chi connectivity index (χ0v) is 12.5. The van der Waals surface area contributed by atoms with Gasteiger partial charge in [0.25, 0.3) is 5.66 Å². The number of hydrogen-bond donors (Lipinski definition) is 2. The maximum atomic E-state index is 13.5. The summed E-state index contributed by atoms with van der Waals surface area (Å²) < 4.78 is 92.6. The van der Waals surface area contributed by atoms with Gasteiger partial charge in [0, 0.05) is 18.5 Å². The standard InChI is InChI=1S/C14H15F7N2O/c1-2-5-11(24)23-12(13(16,17)18,14(19,20)21)22-8-9-6-3-4-7-10(9)15/h3-4,6-7,22H,2,5,8H2,1H3,(H,23,24). The van der Waals surface area contributed by atoms with Crippen molar-refractivity contribution in [3.63, 3.8) is 0 Å². The van der Waals surface area contributed by atoms with E-state index >= 15 is 0 Å². The topological polar surface area (TPSA) is 41.1 Å². The third-order valence-corrected chi connectivity index (χ3v) is 3.16. The first-order valence-corrected chi connectivity index (χ1v) is 6.87. The lowest BCUT2D eigenvalue weighted by atomic mass is 10.1. The molecule has 10 heteroatoms. The molecule has 0 bridgehead atoms. The van der Waals surface area contributed by atoms with E-state index in [2.05, 4.69) is 0 Å². The molecule has 0 atom stereocenters. The Bertz CT molecular complexity index is 555. The van der Waals surface area contributed by atoms with Crippen LogP contribution in [0.5, 0.6) is 0 Å². The third kappa shape index (κ3) is 4.37. The molecule has 0 aromatic heterocycles. The molecule has 24 heavy (non-hydrogen) atoms. The number of hydrogen-bond acceptors (Lipinski definition) is 2. The lowest BCUT2D eigenvalue weighted by Gasteiger charge is -2.38. The molecule has 1 aromatic carbocycles. The normalized spacial score (nSPS) is 13.0. The van der Waals surface area contributed by atoms with Gasteiger partial charge in [0.15, 0.2) is 0 Å². The summed E-state index contributed by atoms with van der Waals surface area (Å²) in [6.45, 7) is 0.341. The summed E-state index contributed by atoms with van der Waals surface area (Å²) in [4.78, 5) is 11.4. The van der Waals surface area contributed by atoms with Gasteiger partial charge in [-0.25, -0.2) is 4.39 Å². The van der Waals surface area contributed by atoms with E-state index in [4.69, 9.17) is 0 Å². The molecule has 2 N–H and O–H groups in total. The van der Waals surface area contributed by atoms with E-state index in [1.165, 1.54) is 24.4 Å². The molecule has 1 rings (SSSR count). The van der Waals surface area contributed by atoms with E-state index < -0.39 is 48.3 Å². The monoisotopic (exact) mass is 360 g/mol. The molecule has 0 heterocycles. The van der Waals surface area contributed by atoms with Crippen molar-refractivity contribution in [3.8, 4) is 0 Å². The Morgan fingerprint density at radius 1 is 1.04 bits per heavy atom. The van der Waals surface area contributed by atoms with E-state index in [-0.39, 0.29) is 6.42 Å². The van der Waals surface area contributed by atoms with Crippen LogP contribution in [0.2, 0.25) is 0 Å². The molecule has 1 aromatic rings. The summed E-state index contributed by atoms with van der Waals surface area (Å²) in [5.41, 5.74) is -5.07. The van der Waals surface area contributed by atoms with Gasteiger partial charge in [0.1, 0.15) is 5.82 Å². The van der Waals surface area contributed by atoms with Gasteiger partial charge in [-0.1, -0.05) is 25.1 Å². The van der Waals surface area contributed by atoms with Crippen LogP contribution < -0.4 is 10.6 Å². The van der Waals surface area contributed by atoms with Gasteiger partial charge in [0.2, 0.25) is 5.91 Å². The molecular weight excluding hydrogens is 345 g/mol. The fourth-order valence-electron chi connectivity index (χ4n) is 1.92. The molecule has 0 spiro atoms. The van der Waals surface area contributed by atoms with E-state index in [0.29, 0.717) is 0 Å². The fraction of sp³-hybridized carbons (Fsp3) is 0.500. The van der Waals surface area contributed by atoms with Crippen molar-refractivity contribution in [1.29, 1.82) is 0 Å². The van der Waals surface area contributed by atoms with Crippen LogP contribution in [0.3, 0.4) is 0 Å². The fourth-order valence-corrected chi connectivity index (χ4v) is 1.92. The summed E-state index contributed by atoms with van der Waals surface area (Å²) in [7, 11) is 0. The highest BCUT2D eigenvalue weighted by atomic mass is 19.4. The molecule has 0 saturated heterocycles. The first-order chi connectivity index (χ1) is 10.9. The Balaban J connectivity index is 3.20. The highest BCUT2D eigenvalue weighted by Crippen LogP contribution is 2.41. The molecule has 136 valence electrons. The summed E-state index contributed by atoms with van der Waals surface area (Å²) >= 11 is 0. The van der Waals surface area contributed by atoms with Crippen LogP contribution in [0.1, 0.15) is 25.3 Å². The zero-order chi connectivity index (χ0) is 18.6. The van der Waals surface area contributed by atoms with Gasteiger partial charge < -0.3 is 5.32 Å². The van der Waals surface area contributed by atoms with Crippen LogP contribution >= 0.6 is 0 Å². The molecule has 0 aliphatic heterocycles. The van der Waals surface area contributed by atoms with Gasteiger partial charge >= 0.3 is 12.4 Å². The SMILES string of the molecule is CCCC(=O)NC(NCc1ccccc1F)(C(F)(F)F)C(F)(F)F. The number of rotatable bonds is 6. The summed E-state index contributed by atoms with van der Waals surface area (Å²) in [6.07, 6.45) is -12.2. The second-order valence-electron chi connectivity index (χ2n) is 4.99. The Hall–Kier alpha value is -1.84. The number of benzene rings is 1. The van der Waals surface area contributed by atoms with Crippen molar-refractivity contribution in [2.24, 2.45) is 0 Å². The largest absolute Gasteiger partial charge is 0.434 e. The Labute approximate surface area is 133 Å². The van der Waals surface area contributed by atoms with Crippen molar-refractivity contribution in [2.75, 3.05) is 0 Å². The Morgan fingerprint density at radius 2 is 1.58 bits per heavy atom. The molecule has 0 fully saturated rings. The van der Waals surface area contributed by atoms with Crippen molar-refractivity contribution < 1.29 is 35.5 Å². The minimum atomic E-state index is -5.89. The average Bonchev–Trinajstić information content (AvgIpc) is 2.42. The van der Waals surface area contributed by atoms with Gasteiger partial charge in [0.05, 0.1) is 0 Å². The quantitative estimate of drug-likeness (QED) is 0.601. The second-order valence-corrected chi connectivity index (χ2v) is 4.99. The summed E-state index contributed by atoms with van der Waals surface area (Å²) in [5, 5.41) is 2.22. The molecule has 0 aliphatic rings. The minimum absolute atomic E-state index is 0.0605. The summed E-state index contributed by atoms with van der Waals surface area (Å²) in [5.74, 6) is -2.39. The number of amides is 1. The van der Waals surface area contributed by atoms with Crippen LogP contribution in [0.25, 0.3) is 0 Å². The van der Waals surface area contributed by atoms with Gasteiger partial charge in [-0.15, -0.1) is 0 Å². The van der Waals surface area contributed by atoms with Crippen LogP contribution in [0.15, 0.2) is 24.3 Å². The van der Waals surface area contributed by atoms with E-state index in [9.17, 15) is 35.5 Å². The number of carbonyl (C=O) groups is 1. The van der Waals surface area contributed by atoms with Crippen molar-refractivity contribution in [3.05, 3.63) is 35.6 Å². The highest BCUT2D eigenvalue weighted by Gasteiger charge is 2.72. The van der Waals surface area contributed by atoms with Crippen LogP contribution in [0, 0.1) is 5.82 Å². The molecule has 3 nitrogen and oxygen atoms in total. The van der Waals surface area contributed by atoms with Gasteiger partial charge in [-0.05, 0) is 12.5 Å². The van der Waals surface area contributed by atoms with Crippen LogP contribution in [-0.2, 0) is 11.3 Å². The first-order valence-electron chi connectivity index (χ1n) is 6.87. The van der Waals surface area contributed by atoms with Crippen molar-refractivity contribution in [1.82, 2.24) is 10.6 Å². The zero-order valence-electron chi connectivity index (χ0n) is 12.5. The predicted octanol–water partition coefficient (Wildman–Crippen LogP) is 3.65. The molecule has 0 unspecified atom stereocenters. The molecule has 1 amide bonds. The van der Waals surface area contributed by atoms with Crippen molar-refractivity contribution in [2.45, 2.75) is 44.3 Å². The average molecular weight is 360 g/mol. The number of nitrogens with one attached hydrogen (secondary N) is 2. The van der Waals surface area contributed by atoms with E-state index in [1.54, 1.807) is 0 Å². The highest BCUT2D eigenvalue weighted by molar-refractivity contribution is 5.77. The maximum absolute atomic E-state index is 13.5. The molecule has 0 aliphatic carbocycles. The lowest BCUT2D eigenvalue weighted by Crippen LogP contribution is -2.75. The smallest absolute Gasteiger partial charge is 0.323 e. The van der Waals surface area contributed by atoms with Crippen molar-refractivity contribution >= 4 is 5.91 Å². The van der Waals surface area contributed by atoms with Crippen LogP contribution in [-0.4, -0.2) is 23.9 Å². The maximum Gasteiger partial charge on any atom is 0.434 e. The minimum Gasteiger partial charge on any atom is -0.323 e. The Kier molecular flexibility index (Phi) is 6.20. The lowest BCUT2D eigenvalue weighted by molar-refractivity contribution is -0.316. The second kappa shape index (κ2) is 7.37. The first kappa shape index (κ1) is 20.2. The number of alkyl halides is 6. The molecular formula is C14H15F7N2O. The van der Waals surface area contributed by atoms with Gasteiger partial charge in [-0.2, -0.15) is 26.3 Å². The van der Waals surface area contributed by atoms with Crippen LogP contribution in [0.4, 0.5) is 30.7 Å². The number of carbonyl (C=O) groups excluding carboxylic acids is 1.